The molecule has 1 amide bonds. The van der Waals surface area contributed by atoms with E-state index in [-0.39, 0.29) is 23.0 Å². The molecule has 3 rings (SSSR count). The van der Waals surface area contributed by atoms with Gasteiger partial charge in [0, 0.05) is 10.9 Å². The van der Waals surface area contributed by atoms with E-state index in [1.54, 1.807) is 24.4 Å². The highest BCUT2D eigenvalue weighted by molar-refractivity contribution is 7.91. The average Bonchev–Trinajstić information content (AvgIpc) is 3.12. The summed E-state index contributed by atoms with van der Waals surface area (Å²) in [7, 11) is -3.28. The van der Waals surface area contributed by atoms with Gasteiger partial charge >= 0.3 is 0 Å². The number of anilines is 1. The fraction of sp³-hybridized carbons (Fsp3) is 0.158. The number of benzene rings is 2. The summed E-state index contributed by atoms with van der Waals surface area (Å²) < 4.78 is 50.0. The van der Waals surface area contributed by atoms with Gasteiger partial charge in [-0.3, -0.25) is 4.79 Å². The van der Waals surface area contributed by atoms with Crippen molar-refractivity contribution in [3.05, 3.63) is 65.0 Å². The zero-order valence-electron chi connectivity index (χ0n) is 14.8. The molecule has 3 aromatic rings. The van der Waals surface area contributed by atoms with Crippen LogP contribution < -0.4 is 5.32 Å². The van der Waals surface area contributed by atoms with E-state index in [0.29, 0.717) is 22.0 Å². The van der Waals surface area contributed by atoms with Crippen molar-refractivity contribution >= 4 is 32.2 Å². The summed E-state index contributed by atoms with van der Waals surface area (Å²) >= 11 is 1.16. The molecule has 2 aromatic carbocycles. The Morgan fingerprint density at radius 2 is 1.82 bits per heavy atom. The highest BCUT2D eigenvalue weighted by Crippen LogP contribution is 2.26. The Labute approximate surface area is 165 Å². The molecule has 5 nitrogen and oxygen atoms in total. The van der Waals surface area contributed by atoms with Gasteiger partial charge in [-0.05, 0) is 35.9 Å². The van der Waals surface area contributed by atoms with Crippen molar-refractivity contribution in [2.24, 2.45) is 0 Å². The van der Waals surface area contributed by atoms with E-state index in [1.807, 2.05) is 0 Å². The van der Waals surface area contributed by atoms with E-state index >= 15 is 0 Å². The molecular formula is C19H16F2N2O3S2. The molecule has 0 fully saturated rings. The molecular weight excluding hydrogens is 406 g/mol. The van der Waals surface area contributed by atoms with E-state index in [1.165, 1.54) is 18.2 Å². The van der Waals surface area contributed by atoms with E-state index in [4.69, 9.17) is 0 Å². The van der Waals surface area contributed by atoms with Crippen LogP contribution in [0.1, 0.15) is 12.5 Å². The van der Waals surface area contributed by atoms with Gasteiger partial charge in [-0.2, -0.15) is 0 Å². The smallest absolute Gasteiger partial charge is 0.230 e. The van der Waals surface area contributed by atoms with Crippen LogP contribution in [0.25, 0.3) is 11.3 Å². The van der Waals surface area contributed by atoms with E-state index in [0.717, 1.165) is 23.5 Å². The maximum Gasteiger partial charge on any atom is 0.230 e. The van der Waals surface area contributed by atoms with Crippen LogP contribution in [0.2, 0.25) is 0 Å². The summed E-state index contributed by atoms with van der Waals surface area (Å²) in [4.78, 5) is 16.6. The molecule has 1 N–H and O–H groups in total. The molecule has 1 aromatic heterocycles. The van der Waals surface area contributed by atoms with Gasteiger partial charge in [-0.25, -0.2) is 22.2 Å². The lowest BCUT2D eigenvalue weighted by molar-refractivity contribution is -0.115. The molecule has 9 heteroatoms. The number of rotatable bonds is 6. The third-order valence-corrected chi connectivity index (χ3v) is 6.50. The second kappa shape index (κ2) is 8.15. The molecule has 0 radical (unpaired) electrons. The van der Waals surface area contributed by atoms with Gasteiger partial charge in [-0.1, -0.05) is 19.1 Å². The monoisotopic (exact) mass is 422 g/mol. The van der Waals surface area contributed by atoms with Crippen molar-refractivity contribution in [2.75, 3.05) is 11.1 Å². The largest absolute Gasteiger partial charge is 0.302 e. The van der Waals surface area contributed by atoms with Gasteiger partial charge in [0.2, 0.25) is 5.91 Å². The number of carbonyl (C=O) groups excluding carboxylic acids is 1. The number of nitrogens with one attached hydrogen (secondary N) is 1. The minimum absolute atomic E-state index is 0.0111. The first-order valence-electron chi connectivity index (χ1n) is 8.31. The van der Waals surface area contributed by atoms with Crippen molar-refractivity contribution in [2.45, 2.75) is 18.2 Å². The number of amides is 1. The topological polar surface area (TPSA) is 76.1 Å². The van der Waals surface area contributed by atoms with Crippen LogP contribution in [0.5, 0.6) is 0 Å². The molecule has 0 saturated heterocycles. The molecule has 0 saturated carbocycles. The molecule has 0 aliphatic carbocycles. The summed E-state index contributed by atoms with van der Waals surface area (Å²) in [5.74, 6) is -2.22. The number of hydrogen-bond acceptors (Lipinski definition) is 5. The fourth-order valence-electron chi connectivity index (χ4n) is 2.45. The van der Waals surface area contributed by atoms with E-state index in [9.17, 15) is 22.0 Å². The average molecular weight is 422 g/mol. The maximum absolute atomic E-state index is 13.3. The Morgan fingerprint density at radius 3 is 2.46 bits per heavy atom. The van der Waals surface area contributed by atoms with Crippen molar-refractivity contribution < 1.29 is 22.0 Å². The maximum atomic E-state index is 13.3. The zero-order chi connectivity index (χ0) is 20.3. The predicted molar refractivity (Wildman–Crippen MR) is 104 cm³/mol. The summed E-state index contributed by atoms with van der Waals surface area (Å²) in [5, 5.41) is 4.61. The number of carbonyl (C=O) groups is 1. The minimum Gasteiger partial charge on any atom is -0.302 e. The van der Waals surface area contributed by atoms with Crippen LogP contribution in [0, 0.1) is 11.6 Å². The molecule has 0 aliphatic rings. The Balaban J connectivity index is 1.65. The summed E-state index contributed by atoms with van der Waals surface area (Å²) in [6, 6.07) is 9.61. The second-order valence-corrected chi connectivity index (χ2v) is 9.08. The van der Waals surface area contributed by atoms with Crippen LogP contribution in [-0.2, 0) is 21.1 Å². The number of halogens is 2. The van der Waals surface area contributed by atoms with Gasteiger partial charge < -0.3 is 5.32 Å². The van der Waals surface area contributed by atoms with Crippen molar-refractivity contribution in [3.8, 4) is 11.3 Å². The van der Waals surface area contributed by atoms with E-state index < -0.39 is 21.5 Å². The number of aromatic nitrogens is 1. The Bertz CT molecular complexity index is 1110. The quantitative estimate of drug-likeness (QED) is 0.650. The fourth-order valence-corrected chi connectivity index (χ4v) is 4.07. The third kappa shape index (κ3) is 4.60. The molecule has 1 heterocycles. The Hall–Kier alpha value is -2.65. The predicted octanol–water partition coefficient (Wildman–Crippen LogP) is 4.06. The number of hydrogen-bond donors (Lipinski definition) is 1. The van der Waals surface area contributed by atoms with Crippen LogP contribution in [0.15, 0.2) is 52.7 Å². The first-order valence-corrected chi connectivity index (χ1v) is 10.8. The molecule has 0 atom stereocenters. The molecule has 146 valence electrons. The Morgan fingerprint density at radius 1 is 1.11 bits per heavy atom. The normalized spacial score (nSPS) is 11.4. The summed E-state index contributed by atoms with van der Waals surface area (Å²) in [6.07, 6.45) is 0.0482. The van der Waals surface area contributed by atoms with Gasteiger partial charge in [0.25, 0.3) is 0 Å². The molecule has 0 spiro atoms. The van der Waals surface area contributed by atoms with Crippen molar-refractivity contribution in [1.29, 1.82) is 0 Å². The first kappa shape index (κ1) is 20.1. The van der Waals surface area contributed by atoms with Crippen molar-refractivity contribution in [3.63, 3.8) is 0 Å². The highest BCUT2D eigenvalue weighted by Gasteiger charge is 2.13. The minimum atomic E-state index is -3.28. The lowest BCUT2D eigenvalue weighted by Gasteiger charge is -2.04. The lowest BCUT2D eigenvalue weighted by atomic mass is 10.1. The lowest BCUT2D eigenvalue weighted by Crippen LogP contribution is -2.14. The number of thiazole rings is 1. The molecule has 0 unspecified atom stereocenters. The zero-order valence-corrected chi connectivity index (χ0v) is 16.4. The molecule has 28 heavy (non-hydrogen) atoms. The van der Waals surface area contributed by atoms with Crippen LogP contribution in [-0.4, -0.2) is 25.1 Å². The summed E-state index contributed by atoms with van der Waals surface area (Å²) in [6.45, 7) is 1.57. The first-order chi connectivity index (χ1) is 13.3. The second-order valence-electron chi connectivity index (χ2n) is 5.94. The van der Waals surface area contributed by atoms with Gasteiger partial charge in [0.05, 0.1) is 22.8 Å². The van der Waals surface area contributed by atoms with Crippen LogP contribution in [0.3, 0.4) is 0 Å². The Kier molecular flexibility index (Phi) is 5.85. The van der Waals surface area contributed by atoms with Gasteiger partial charge in [0.15, 0.2) is 26.6 Å². The standard InChI is InChI=1S/C19H16F2N2O3S2/c1-2-28(25,26)14-6-3-12(4-7-14)9-18(24)23-19-22-17(11-27-19)13-5-8-15(20)16(21)10-13/h3-8,10-11H,2,9H2,1H3,(H,22,23,24). The third-order valence-electron chi connectivity index (χ3n) is 3.99. The van der Waals surface area contributed by atoms with Gasteiger partial charge in [-0.15, -0.1) is 11.3 Å². The number of sulfone groups is 1. The van der Waals surface area contributed by atoms with Crippen molar-refractivity contribution in [1.82, 2.24) is 4.98 Å². The molecule has 0 aliphatic heterocycles. The summed E-state index contributed by atoms with van der Waals surface area (Å²) in [5.41, 5.74) is 1.49. The van der Waals surface area contributed by atoms with Crippen LogP contribution >= 0.6 is 11.3 Å². The molecule has 0 bridgehead atoms. The SMILES string of the molecule is CCS(=O)(=O)c1ccc(CC(=O)Nc2nc(-c3ccc(F)c(F)c3)cs2)cc1. The van der Waals surface area contributed by atoms with Gasteiger partial charge in [0.1, 0.15) is 0 Å². The number of nitrogens with zero attached hydrogens (tertiary/aromatic N) is 1. The van der Waals surface area contributed by atoms with E-state index in [2.05, 4.69) is 10.3 Å². The van der Waals surface area contributed by atoms with Crippen LogP contribution in [0.4, 0.5) is 13.9 Å². The highest BCUT2D eigenvalue weighted by atomic mass is 32.2.